The minimum atomic E-state index is -1.09. The Bertz CT molecular complexity index is 300. The molecule has 0 fully saturated rings. The van der Waals surface area contributed by atoms with Crippen molar-refractivity contribution >= 4 is 11.9 Å². The van der Waals surface area contributed by atoms with Crippen LogP contribution in [0.5, 0.6) is 0 Å². The summed E-state index contributed by atoms with van der Waals surface area (Å²) in [6, 6.07) is 0. The topological polar surface area (TPSA) is 57.6 Å². The maximum absolute atomic E-state index is 11.7. The first kappa shape index (κ1) is 14.7. The monoisotopic (exact) mass is 227 g/mol. The summed E-state index contributed by atoms with van der Waals surface area (Å²) in [5.74, 6) is -0.171. The van der Waals surface area contributed by atoms with Crippen molar-refractivity contribution in [3.8, 4) is 0 Å². The quantitative estimate of drug-likeness (QED) is 0.751. The molecule has 0 aromatic heterocycles. The Hall–Kier alpha value is -1.32. The first-order valence-corrected chi connectivity index (χ1v) is 5.30. The average molecular weight is 227 g/mol. The summed E-state index contributed by atoms with van der Waals surface area (Å²) >= 11 is 0. The van der Waals surface area contributed by atoms with Crippen LogP contribution in [0.15, 0.2) is 12.2 Å². The molecule has 0 rings (SSSR count). The molecule has 0 spiro atoms. The highest BCUT2D eigenvalue weighted by atomic mass is 16.4. The van der Waals surface area contributed by atoms with Gasteiger partial charge in [0.15, 0.2) is 5.78 Å². The summed E-state index contributed by atoms with van der Waals surface area (Å²) in [5.41, 5.74) is -0.117. The van der Waals surface area contributed by atoms with Gasteiger partial charge in [-0.2, -0.15) is 0 Å². The number of nitrogens with zero attached hydrogens (tertiary/aromatic N) is 1. The van der Waals surface area contributed by atoms with Gasteiger partial charge in [0.05, 0.1) is 6.54 Å². The van der Waals surface area contributed by atoms with Gasteiger partial charge in [-0.15, -0.1) is 0 Å². The SMILES string of the molecule is C=C(C(=O)CN(C(=O)O)C(C)(C)C)C(C)C. The molecule has 0 aromatic carbocycles. The van der Waals surface area contributed by atoms with Crippen molar-refractivity contribution in [1.29, 1.82) is 0 Å². The minimum Gasteiger partial charge on any atom is -0.465 e. The molecule has 0 aliphatic carbocycles. The van der Waals surface area contributed by atoms with Crippen LogP contribution in [0.3, 0.4) is 0 Å². The molecule has 0 aliphatic rings. The van der Waals surface area contributed by atoms with E-state index in [9.17, 15) is 9.59 Å². The lowest BCUT2D eigenvalue weighted by atomic mass is 9.99. The maximum atomic E-state index is 11.7. The van der Waals surface area contributed by atoms with Crippen molar-refractivity contribution < 1.29 is 14.7 Å². The normalized spacial score (nSPS) is 11.4. The Morgan fingerprint density at radius 2 is 1.75 bits per heavy atom. The van der Waals surface area contributed by atoms with Gasteiger partial charge in [0.2, 0.25) is 0 Å². The predicted octanol–water partition coefficient (Wildman–Crippen LogP) is 2.55. The van der Waals surface area contributed by atoms with Crippen LogP contribution in [0, 0.1) is 5.92 Å². The molecule has 0 radical (unpaired) electrons. The fraction of sp³-hybridized carbons (Fsp3) is 0.667. The second kappa shape index (κ2) is 5.14. The number of hydrogen-bond donors (Lipinski definition) is 1. The fourth-order valence-electron chi connectivity index (χ4n) is 1.16. The maximum Gasteiger partial charge on any atom is 0.408 e. The Morgan fingerprint density at radius 1 is 1.31 bits per heavy atom. The lowest BCUT2D eigenvalue weighted by molar-refractivity contribution is -0.117. The largest absolute Gasteiger partial charge is 0.465 e. The van der Waals surface area contributed by atoms with Crippen LogP contribution in [-0.4, -0.2) is 34.0 Å². The number of carbonyl (C=O) groups is 2. The highest BCUT2D eigenvalue weighted by molar-refractivity contribution is 5.98. The molecular formula is C12H21NO3. The van der Waals surface area contributed by atoms with E-state index < -0.39 is 11.6 Å². The molecule has 4 nitrogen and oxygen atoms in total. The van der Waals surface area contributed by atoms with Crippen molar-refractivity contribution in [2.45, 2.75) is 40.2 Å². The zero-order valence-electron chi connectivity index (χ0n) is 10.7. The van der Waals surface area contributed by atoms with Crippen LogP contribution in [0.1, 0.15) is 34.6 Å². The van der Waals surface area contributed by atoms with Crippen LogP contribution >= 0.6 is 0 Å². The average Bonchev–Trinajstić information content (AvgIpc) is 2.09. The molecule has 1 N–H and O–H groups in total. The van der Waals surface area contributed by atoms with Crippen molar-refractivity contribution in [3.63, 3.8) is 0 Å². The lowest BCUT2D eigenvalue weighted by Crippen LogP contribution is -2.47. The standard InChI is InChI=1S/C12H21NO3/c1-8(2)9(3)10(14)7-13(11(15)16)12(4,5)6/h8H,3,7H2,1-2,4-6H3,(H,15,16). The molecule has 0 bridgehead atoms. The van der Waals surface area contributed by atoms with E-state index in [1.54, 1.807) is 20.8 Å². The summed E-state index contributed by atoms with van der Waals surface area (Å²) < 4.78 is 0. The smallest absolute Gasteiger partial charge is 0.408 e. The van der Waals surface area contributed by atoms with Crippen LogP contribution in [-0.2, 0) is 4.79 Å². The van der Waals surface area contributed by atoms with E-state index in [2.05, 4.69) is 6.58 Å². The van der Waals surface area contributed by atoms with E-state index in [1.807, 2.05) is 13.8 Å². The van der Waals surface area contributed by atoms with Crippen LogP contribution in [0.25, 0.3) is 0 Å². The molecule has 16 heavy (non-hydrogen) atoms. The number of carboxylic acid groups (broad SMARTS) is 1. The molecule has 1 amide bonds. The van der Waals surface area contributed by atoms with Crippen molar-refractivity contribution in [2.75, 3.05) is 6.54 Å². The van der Waals surface area contributed by atoms with E-state index in [4.69, 9.17) is 5.11 Å². The number of carbonyl (C=O) groups excluding carboxylic acids is 1. The molecule has 0 heterocycles. The van der Waals surface area contributed by atoms with Gasteiger partial charge in [0, 0.05) is 5.54 Å². The van der Waals surface area contributed by atoms with Gasteiger partial charge < -0.3 is 5.11 Å². The molecule has 0 saturated heterocycles. The Labute approximate surface area is 96.9 Å². The third-order valence-electron chi connectivity index (χ3n) is 2.40. The zero-order valence-corrected chi connectivity index (χ0v) is 10.7. The summed E-state index contributed by atoms with van der Waals surface area (Å²) in [5, 5.41) is 9.02. The van der Waals surface area contributed by atoms with Crippen LogP contribution in [0.4, 0.5) is 4.79 Å². The first-order chi connectivity index (χ1) is 7.07. The van der Waals surface area contributed by atoms with E-state index in [0.717, 1.165) is 4.90 Å². The van der Waals surface area contributed by atoms with Gasteiger partial charge in [0.1, 0.15) is 0 Å². The van der Waals surface area contributed by atoms with E-state index in [1.165, 1.54) is 0 Å². The predicted molar refractivity (Wildman–Crippen MR) is 63.5 cm³/mol. The lowest BCUT2D eigenvalue weighted by Gasteiger charge is -2.32. The fourth-order valence-corrected chi connectivity index (χ4v) is 1.16. The molecule has 0 unspecified atom stereocenters. The van der Waals surface area contributed by atoms with Gasteiger partial charge in [0.25, 0.3) is 0 Å². The molecule has 0 saturated carbocycles. The third-order valence-corrected chi connectivity index (χ3v) is 2.40. The number of amides is 1. The van der Waals surface area contributed by atoms with Gasteiger partial charge in [-0.25, -0.2) is 4.79 Å². The van der Waals surface area contributed by atoms with Crippen molar-refractivity contribution in [2.24, 2.45) is 5.92 Å². The van der Waals surface area contributed by atoms with E-state index >= 15 is 0 Å². The minimum absolute atomic E-state index is 0.0445. The van der Waals surface area contributed by atoms with Crippen molar-refractivity contribution in [3.05, 3.63) is 12.2 Å². The number of Topliss-reactive ketones (excluding diaryl/α,β-unsaturated/α-hetero) is 1. The highest BCUT2D eigenvalue weighted by Gasteiger charge is 2.28. The number of hydrogen-bond acceptors (Lipinski definition) is 2. The van der Waals surface area contributed by atoms with Gasteiger partial charge in [-0.3, -0.25) is 9.69 Å². The zero-order chi connectivity index (χ0) is 13.1. The number of rotatable bonds is 4. The van der Waals surface area contributed by atoms with Crippen LogP contribution < -0.4 is 0 Å². The van der Waals surface area contributed by atoms with Gasteiger partial charge >= 0.3 is 6.09 Å². The molecular weight excluding hydrogens is 206 g/mol. The summed E-state index contributed by atoms with van der Waals surface area (Å²) in [7, 11) is 0. The summed E-state index contributed by atoms with van der Waals surface area (Å²) in [6.45, 7) is 12.5. The molecule has 0 atom stereocenters. The van der Waals surface area contributed by atoms with E-state index in [-0.39, 0.29) is 18.2 Å². The molecule has 0 aromatic rings. The summed E-state index contributed by atoms with van der Waals surface area (Å²) in [6.07, 6.45) is -1.09. The Morgan fingerprint density at radius 3 is 2.00 bits per heavy atom. The second-order valence-electron chi connectivity index (χ2n) is 5.14. The number of ketones is 1. The van der Waals surface area contributed by atoms with Gasteiger partial charge in [-0.05, 0) is 32.3 Å². The first-order valence-electron chi connectivity index (χ1n) is 5.30. The van der Waals surface area contributed by atoms with Gasteiger partial charge in [-0.1, -0.05) is 20.4 Å². The Kier molecular flexibility index (Phi) is 4.72. The Balaban J connectivity index is 4.74. The molecule has 4 heteroatoms. The van der Waals surface area contributed by atoms with Crippen molar-refractivity contribution in [1.82, 2.24) is 4.90 Å². The highest BCUT2D eigenvalue weighted by Crippen LogP contribution is 2.16. The third kappa shape index (κ3) is 4.04. The molecule has 0 aliphatic heterocycles. The van der Waals surface area contributed by atoms with Crippen LogP contribution in [0.2, 0.25) is 0 Å². The second-order valence-corrected chi connectivity index (χ2v) is 5.14. The molecule has 92 valence electrons. The van der Waals surface area contributed by atoms with E-state index in [0.29, 0.717) is 5.57 Å². The summed E-state index contributed by atoms with van der Waals surface area (Å²) in [4.78, 5) is 23.9.